The number of rotatable bonds is 6. The van der Waals surface area contributed by atoms with Gasteiger partial charge in [-0.05, 0) is 37.0 Å². The normalized spacial score (nSPS) is 17.6. The van der Waals surface area contributed by atoms with Gasteiger partial charge < -0.3 is 15.4 Å². The summed E-state index contributed by atoms with van der Waals surface area (Å²) >= 11 is 0. The molecule has 3 rings (SSSR count). The first-order valence-electron chi connectivity index (χ1n) is 9.15. The molecule has 8 nitrogen and oxygen atoms in total. The largest absolute Gasteiger partial charge is 0.439 e. The molecule has 0 radical (unpaired) electrons. The van der Waals surface area contributed by atoms with Crippen LogP contribution in [0.1, 0.15) is 18.4 Å². The lowest BCUT2D eigenvalue weighted by atomic mass is 10.0. The van der Waals surface area contributed by atoms with E-state index in [1.54, 1.807) is 24.3 Å². The van der Waals surface area contributed by atoms with Gasteiger partial charge in [0.05, 0.1) is 11.0 Å². The van der Waals surface area contributed by atoms with Gasteiger partial charge in [0.2, 0.25) is 11.8 Å². The number of ether oxygens (including phenoxy) is 1. The van der Waals surface area contributed by atoms with Gasteiger partial charge in [0, 0.05) is 18.7 Å². The molecule has 1 saturated heterocycles. The predicted octanol–water partition coefficient (Wildman–Crippen LogP) is 3.21. The second-order valence-corrected chi connectivity index (χ2v) is 6.90. The molecule has 30 heavy (non-hydrogen) atoms. The van der Waals surface area contributed by atoms with Gasteiger partial charge >= 0.3 is 6.18 Å². The molecule has 1 aromatic heterocycles. The zero-order valence-electron chi connectivity index (χ0n) is 15.7. The summed E-state index contributed by atoms with van der Waals surface area (Å²) in [6.07, 6.45) is -3.12. The van der Waals surface area contributed by atoms with E-state index in [1.165, 1.54) is 12.1 Å². The Morgan fingerprint density at radius 2 is 2.00 bits per heavy atom. The van der Waals surface area contributed by atoms with E-state index < -0.39 is 29.1 Å². The SMILES string of the molecule is N[C@@H](Cc1ccc(Oc2ccc([N+](=O)[O-])cn2)cc1)C(=O)N1CCC[C@H]1C(F)(F)F. The van der Waals surface area contributed by atoms with Crippen molar-refractivity contribution in [2.75, 3.05) is 6.54 Å². The average molecular weight is 424 g/mol. The average Bonchev–Trinajstić information content (AvgIpc) is 3.19. The second kappa shape index (κ2) is 8.66. The summed E-state index contributed by atoms with van der Waals surface area (Å²) in [6.45, 7) is 0.0473. The first-order chi connectivity index (χ1) is 14.1. The highest BCUT2D eigenvalue weighted by Gasteiger charge is 2.48. The van der Waals surface area contributed by atoms with Gasteiger partial charge in [-0.1, -0.05) is 12.1 Å². The number of nitro groups is 1. The summed E-state index contributed by atoms with van der Waals surface area (Å²) in [5.74, 6) is -0.158. The summed E-state index contributed by atoms with van der Waals surface area (Å²) in [7, 11) is 0. The number of amides is 1. The van der Waals surface area contributed by atoms with Crippen LogP contribution in [-0.4, -0.2) is 45.5 Å². The minimum Gasteiger partial charge on any atom is -0.439 e. The fraction of sp³-hybridized carbons (Fsp3) is 0.368. The van der Waals surface area contributed by atoms with Crippen molar-refractivity contribution in [3.05, 3.63) is 58.3 Å². The van der Waals surface area contributed by atoms with Crippen LogP contribution in [0.3, 0.4) is 0 Å². The van der Waals surface area contributed by atoms with Crippen LogP contribution in [-0.2, 0) is 11.2 Å². The van der Waals surface area contributed by atoms with E-state index in [1.807, 2.05) is 0 Å². The summed E-state index contributed by atoms with van der Waals surface area (Å²) in [5, 5.41) is 10.6. The lowest BCUT2D eigenvalue weighted by Gasteiger charge is -2.28. The van der Waals surface area contributed by atoms with Crippen LogP contribution in [0, 0.1) is 10.1 Å². The summed E-state index contributed by atoms with van der Waals surface area (Å²) in [6, 6.07) is 6.20. The topological polar surface area (TPSA) is 112 Å². The number of carbonyl (C=O) groups excluding carboxylic acids is 1. The Bertz CT molecular complexity index is 903. The van der Waals surface area contributed by atoms with Crippen molar-refractivity contribution in [3.63, 3.8) is 0 Å². The van der Waals surface area contributed by atoms with E-state index in [9.17, 15) is 28.1 Å². The van der Waals surface area contributed by atoms with Crippen LogP contribution in [0.15, 0.2) is 42.6 Å². The first-order valence-corrected chi connectivity index (χ1v) is 9.15. The summed E-state index contributed by atoms with van der Waals surface area (Å²) in [5.41, 5.74) is 6.37. The molecule has 2 N–H and O–H groups in total. The van der Waals surface area contributed by atoms with Crippen molar-refractivity contribution in [1.82, 2.24) is 9.88 Å². The highest BCUT2D eigenvalue weighted by Crippen LogP contribution is 2.33. The third-order valence-electron chi connectivity index (χ3n) is 4.76. The van der Waals surface area contributed by atoms with Crippen LogP contribution in [0.25, 0.3) is 0 Å². The number of likely N-dealkylation sites (tertiary alicyclic amines) is 1. The van der Waals surface area contributed by atoms with E-state index in [0.717, 1.165) is 11.1 Å². The van der Waals surface area contributed by atoms with Gasteiger partial charge in [0.15, 0.2) is 0 Å². The Labute approximate surface area is 169 Å². The molecule has 0 saturated carbocycles. The van der Waals surface area contributed by atoms with Crippen molar-refractivity contribution in [2.24, 2.45) is 5.73 Å². The maximum absolute atomic E-state index is 13.1. The number of hydrogen-bond donors (Lipinski definition) is 1. The maximum Gasteiger partial charge on any atom is 0.408 e. The molecule has 2 aromatic rings. The zero-order chi connectivity index (χ0) is 21.9. The number of halogens is 3. The molecule has 0 spiro atoms. The van der Waals surface area contributed by atoms with E-state index in [0.29, 0.717) is 17.7 Å². The van der Waals surface area contributed by atoms with Crippen LogP contribution < -0.4 is 10.5 Å². The monoisotopic (exact) mass is 424 g/mol. The highest BCUT2D eigenvalue weighted by molar-refractivity contribution is 5.82. The quantitative estimate of drug-likeness (QED) is 0.563. The predicted molar refractivity (Wildman–Crippen MR) is 99.9 cm³/mol. The molecule has 1 aliphatic rings. The lowest BCUT2D eigenvalue weighted by Crippen LogP contribution is -2.51. The van der Waals surface area contributed by atoms with E-state index in [2.05, 4.69) is 4.98 Å². The third kappa shape index (κ3) is 5.03. The zero-order valence-corrected chi connectivity index (χ0v) is 15.7. The number of nitrogens with zero attached hydrogens (tertiary/aromatic N) is 3. The van der Waals surface area contributed by atoms with Crippen molar-refractivity contribution in [3.8, 4) is 11.6 Å². The second-order valence-electron chi connectivity index (χ2n) is 6.90. The smallest absolute Gasteiger partial charge is 0.408 e. The van der Waals surface area contributed by atoms with E-state index in [4.69, 9.17) is 10.5 Å². The van der Waals surface area contributed by atoms with Gasteiger partial charge in [-0.3, -0.25) is 14.9 Å². The molecule has 11 heteroatoms. The standard InChI is InChI=1S/C19H19F3N4O4/c20-19(21,22)16-2-1-9-25(16)18(27)15(23)10-12-3-6-14(7-4-12)30-17-8-5-13(11-24-17)26(28)29/h3-8,11,15-16H,1-2,9-10,23H2/t15-,16-/m0/s1. The molecule has 1 aliphatic heterocycles. The molecule has 2 heterocycles. The molecular weight excluding hydrogens is 405 g/mol. The fourth-order valence-electron chi connectivity index (χ4n) is 3.28. The number of nitrogens with two attached hydrogens (primary N) is 1. The van der Waals surface area contributed by atoms with Gasteiger partial charge in [-0.2, -0.15) is 13.2 Å². The summed E-state index contributed by atoms with van der Waals surface area (Å²) < 4.78 is 44.7. The Hall–Kier alpha value is -3.21. The number of aromatic nitrogens is 1. The first kappa shape index (κ1) is 21.5. The molecule has 0 bridgehead atoms. The molecule has 1 aromatic carbocycles. The molecule has 1 fully saturated rings. The Morgan fingerprint density at radius 1 is 1.30 bits per heavy atom. The number of hydrogen-bond acceptors (Lipinski definition) is 6. The maximum atomic E-state index is 13.1. The minimum absolute atomic E-state index is 0.0473. The van der Waals surface area contributed by atoms with Crippen molar-refractivity contribution in [1.29, 1.82) is 0 Å². The Balaban J connectivity index is 1.59. The lowest BCUT2D eigenvalue weighted by molar-refractivity contribution is -0.385. The third-order valence-corrected chi connectivity index (χ3v) is 4.76. The number of carbonyl (C=O) groups is 1. The van der Waals surface area contributed by atoms with Crippen LogP contribution in [0.5, 0.6) is 11.6 Å². The van der Waals surface area contributed by atoms with Crippen LogP contribution in [0.2, 0.25) is 0 Å². The number of pyridine rings is 1. The molecule has 160 valence electrons. The van der Waals surface area contributed by atoms with E-state index in [-0.39, 0.29) is 31.0 Å². The number of alkyl halides is 3. The van der Waals surface area contributed by atoms with Crippen molar-refractivity contribution >= 4 is 11.6 Å². The van der Waals surface area contributed by atoms with Crippen LogP contribution in [0.4, 0.5) is 18.9 Å². The van der Waals surface area contributed by atoms with Gasteiger partial charge in [-0.15, -0.1) is 0 Å². The molecule has 2 atom stereocenters. The van der Waals surface area contributed by atoms with Crippen molar-refractivity contribution < 1.29 is 27.6 Å². The van der Waals surface area contributed by atoms with Crippen LogP contribution >= 0.6 is 0 Å². The Morgan fingerprint density at radius 3 is 2.57 bits per heavy atom. The van der Waals surface area contributed by atoms with Gasteiger partial charge in [-0.25, -0.2) is 4.98 Å². The van der Waals surface area contributed by atoms with Gasteiger partial charge in [0.25, 0.3) is 5.69 Å². The number of benzene rings is 1. The minimum atomic E-state index is -4.46. The van der Waals surface area contributed by atoms with Crippen molar-refractivity contribution in [2.45, 2.75) is 37.5 Å². The molecule has 0 unspecified atom stereocenters. The fourth-order valence-corrected chi connectivity index (χ4v) is 3.28. The van der Waals surface area contributed by atoms with E-state index >= 15 is 0 Å². The van der Waals surface area contributed by atoms with Gasteiger partial charge in [0.1, 0.15) is 18.0 Å². The molecule has 1 amide bonds. The summed E-state index contributed by atoms with van der Waals surface area (Å²) in [4.78, 5) is 27.1. The highest BCUT2D eigenvalue weighted by atomic mass is 19.4. The Kier molecular flexibility index (Phi) is 6.20. The molecule has 0 aliphatic carbocycles. The molecular formula is C19H19F3N4O4.